The van der Waals surface area contributed by atoms with Crippen LogP contribution in [-0.2, 0) is 4.79 Å². The SMILES string of the molecule is CCCCCSc1nc2n(n1)C(c1ccc(OCC)c(OC)c1)C1=C(CCCC1=O)N2. The summed E-state index contributed by atoms with van der Waals surface area (Å²) in [5.74, 6) is 3.21. The van der Waals surface area contributed by atoms with Crippen LogP contribution in [-0.4, -0.2) is 40.0 Å². The van der Waals surface area contributed by atoms with Crippen molar-refractivity contribution in [2.75, 3.05) is 24.8 Å². The number of hydrogen-bond acceptors (Lipinski definition) is 7. The Morgan fingerprint density at radius 2 is 2.10 bits per heavy atom. The third-order valence-electron chi connectivity index (χ3n) is 5.63. The Kier molecular flexibility index (Phi) is 6.85. The zero-order valence-electron chi connectivity index (χ0n) is 18.4. The molecule has 1 aliphatic carbocycles. The number of allylic oxidation sites excluding steroid dienone is 2. The molecule has 166 valence electrons. The largest absolute Gasteiger partial charge is 0.493 e. The van der Waals surface area contributed by atoms with Crippen molar-refractivity contribution in [3.05, 3.63) is 35.0 Å². The van der Waals surface area contributed by atoms with Gasteiger partial charge in [-0.1, -0.05) is 37.6 Å². The number of aromatic nitrogens is 3. The van der Waals surface area contributed by atoms with Crippen LogP contribution in [0.5, 0.6) is 11.5 Å². The van der Waals surface area contributed by atoms with E-state index in [0.717, 1.165) is 47.0 Å². The average Bonchev–Trinajstić information content (AvgIpc) is 3.18. The van der Waals surface area contributed by atoms with Crippen LogP contribution in [0.4, 0.5) is 5.95 Å². The molecule has 4 rings (SSSR count). The highest BCUT2D eigenvalue weighted by Crippen LogP contribution is 2.42. The quantitative estimate of drug-likeness (QED) is 0.433. The lowest BCUT2D eigenvalue weighted by Crippen LogP contribution is -2.31. The number of benzene rings is 1. The van der Waals surface area contributed by atoms with E-state index in [1.54, 1.807) is 18.9 Å². The number of carbonyl (C=O) groups excluding carboxylic acids is 1. The molecule has 2 aliphatic rings. The molecule has 0 fully saturated rings. The molecule has 0 radical (unpaired) electrons. The van der Waals surface area contributed by atoms with E-state index in [4.69, 9.17) is 19.6 Å². The predicted molar refractivity (Wildman–Crippen MR) is 122 cm³/mol. The van der Waals surface area contributed by atoms with Gasteiger partial charge in [0.2, 0.25) is 11.1 Å². The first-order chi connectivity index (χ1) is 15.2. The van der Waals surface area contributed by atoms with E-state index in [-0.39, 0.29) is 11.8 Å². The maximum absolute atomic E-state index is 13.0. The fourth-order valence-corrected chi connectivity index (χ4v) is 4.98. The highest BCUT2D eigenvalue weighted by atomic mass is 32.2. The second-order valence-corrected chi connectivity index (χ2v) is 8.82. The molecule has 1 unspecified atom stereocenters. The first-order valence-corrected chi connectivity index (χ1v) is 12.1. The Bertz CT molecular complexity index is 985. The summed E-state index contributed by atoms with van der Waals surface area (Å²) in [6.07, 6.45) is 5.81. The number of methoxy groups -OCH3 is 1. The number of nitrogens with one attached hydrogen (secondary N) is 1. The maximum atomic E-state index is 13.0. The van der Waals surface area contributed by atoms with Crippen LogP contribution in [0.3, 0.4) is 0 Å². The number of ether oxygens (including phenoxy) is 2. The second kappa shape index (κ2) is 9.77. The topological polar surface area (TPSA) is 78.3 Å². The third kappa shape index (κ3) is 4.44. The number of thioether (sulfide) groups is 1. The van der Waals surface area contributed by atoms with Gasteiger partial charge in [-0.2, -0.15) is 4.98 Å². The van der Waals surface area contributed by atoms with Gasteiger partial charge in [0.1, 0.15) is 6.04 Å². The molecule has 0 bridgehead atoms. The molecule has 1 aliphatic heterocycles. The van der Waals surface area contributed by atoms with Gasteiger partial charge in [0.05, 0.1) is 13.7 Å². The maximum Gasteiger partial charge on any atom is 0.227 e. The number of Topliss-reactive ketones (excluding diaryl/α,β-unsaturated/α-hetero) is 1. The van der Waals surface area contributed by atoms with Crippen molar-refractivity contribution in [3.63, 3.8) is 0 Å². The van der Waals surface area contributed by atoms with Gasteiger partial charge in [-0.3, -0.25) is 4.79 Å². The minimum atomic E-state index is -0.318. The van der Waals surface area contributed by atoms with Gasteiger partial charge >= 0.3 is 0 Å². The van der Waals surface area contributed by atoms with Crippen LogP contribution in [0, 0.1) is 0 Å². The second-order valence-electron chi connectivity index (χ2n) is 7.76. The van der Waals surface area contributed by atoms with Crippen molar-refractivity contribution in [2.45, 2.75) is 63.6 Å². The van der Waals surface area contributed by atoms with E-state index >= 15 is 0 Å². The summed E-state index contributed by atoms with van der Waals surface area (Å²) in [7, 11) is 1.63. The Morgan fingerprint density at radius 3 is 2.87 bits per heavy atom. The summed E-state index contributed by atoms with van der Waals surface area (Å²) in [5, 5.41) is 8.93. The van der Waals surface area contributed by atoms with Crippen molar-refractivity contribution in [2.24, 2.45) is 0 Å². The van der Waals surface area contributed by atoms with E-state index in [1.807, 2.05) is 29.8 Å². The van der Waals surface area contributed by atoms with Crippen LogP contribution >= 0.6 is 11.8 Å². The summed E-state index contributed by atoms with van der Waals surface area (Å²) in [6.45, 7) is 4.70. The summed E-state index contributed by atoms with van der Waals surface area (Å²) >= 11 is 1.67. The minimum absolute atomic E-state index is 0.171. The molecule has 1 N–H and O–H groups in total. The van der Waals surface area contributed by atoms with Crippen LogP contribution in [0.2, 0.25) is 0 Å². The minimum Gasteiger partial charge on any atom is -0.493 e. The Hall–Kier alpha value is -2.48. The van der Waals surface area contributed by atoms with Crippen molar-refractivity contribution in [3.8, 4) is 11.5 Å². The van der Waals surface area contributed by atoms with Crippen molar-refractivity contribution < 1.29 is 14.3 Å². The number of fused-ring (bicyclic) bond motifs is 1. The first kappa shape index (κ1) is 21.7. The van der Waals surface area contributed by atoms with E-state index in [0.29, 0.717) is 30.5 Å². The molecule has 1 atom stereocenters. The van der Waals surface area contributed by atoms with Crippen LogP contribution in [0.25, 0.3) is 0 Å². The molecule has 0 saturated carbocycles. The fourth-order valence-electron chi connectivity index (χ4n) is 4.15. The van der Waals surface area contributed by atoms with E-state index in [9.17, 15) is 4.79 Å². The smallest absolute Gasteiger partial charge is 0.227 e. The molecule has 8 heteroatoms. The van der Waals surface area contributed by atoms with Crippen LogP contribution < -0.4 is 14.8 Å². The van der Waals surface area contributed by atoms with E-state index in [2.05, 4.69) is 12.2 Å². The lowest BCUT2D eigenvalue weighted by atomic mass is 9.85. The lowest BCUT2D eigenvalue weighted by molar-refractivity contribution is -0.116. The molecule has 2 heterocycles. The number of rotatable bonds is 9. The van der Waals surface area contributed by atoms with Gasteiger partial charge in [-0.05, 0) is 43.9 Å². The monoisotopic (exact) mass is 442 g/mol. The van der Waals surface area contributed by atoms with Gasteiger partial charge in [0.25, 0.3) is 0 Å². The third-order valence-corrected chi connectivity index (χ3v) is 6.55. The van der Waals surface area contributed by atoms with E-state index < -0.39 is 0 Å². The Balaban J connectivity index is 1.73. The molecule has 0 spiro atoms. The summed E-state index contributed by atoms with van der Waals surface area (Å²) < 4.78 is 13.1. The highest BCUT2D eigenvalue weighted by molar-refractivity contribution is 7.99. The summed E-state index contributed by atoms with van der Waals surface area (Å²) in [4.78, 5) is 17.7. The Labute approximate surface area is 187 Å². The fraction of sp³-hybridized carbons (Fsp3) is 0.522. The first-order valence-electron chi connectivity index (χ1n) is 11.1. The zero-order valence-corrected chi connectivity index (χ0v) is 19.3. The van der Waals surface area contributed by atoms with Gasteiger partial charge in [-0.25, -0.2) is 4.68 Å². The molecule has 2 aromatic rings. The van der Waals surface area contributed by atoms with Crippen LogP contribution in [0.15, 0.2) is 34.6 Å². The molecular weight excluding hydrogens is 412 g/mol. The summed E-state index contributed by atoms with van der Waals surface area (Å²) in [5.41, 5.74) is 2.70. The van der Waals surface area contributed by atoms with Crippen molar-refractivity contribution >= 4 is 23.5 Å². The number of nitrogens with zero attached hydrogens (tertiary/aromatic N) is 3. The number of anilines is 1. The predicted octanol–water partition coefficient (Wildman–Crippen LogP) is 4.99. The number of ketones is 1. The van der Waals surface area contributed by atoms with E-state index in [1.165, 1.54) is 12.8 Å². The number of unbranched alkanes of at least 4 members (excludes halogenated alkanes) is 2. The molecule has 0 amide bonds. The van der Waals surface area contributed by atoms with Gasteiger partial charge in [0, 0.05) is 23.4 Å². The van der Waals surface area contributed by atoms with Crippen molar-refractivity contribution in [1.82, 2.24) is 14.8 Å². The normalized spacial score (nSPS) is 17.8. The molecule has 7 nitrogen and oxygen atoms in total. The standard InChI is InChI=1S/C23H30N4O3S/c1-4-6-7-13-31-23-25-22-24-16-9-8-10-17(28)20(16)21(27(22)26-23)15-11-12-18(30-5-2)19(14-15)29-3/h11-12,14,21H,4-10,13H2,1-3H3,(H,24,25,26). The van der Waals surface area contributed by atoms with Crippen molar-refractivity contribution in [1.29, 1.82) is 0 Å². The molecule has 1 aromatic heterocycles. The molecule has 0 saturated heterocycles. The average molecular weight is 443 g/mol. The van der Waals surface area contributed by atoms with Gasteiger partial charge in [-0.15, -0.1) is 5.10 Å². The zero-order chi connectivity index (χ0) is 21.8. The lowest BCUT2D eigenvalue weighted by Gasteiger charge is -2.32. The Morgan fingerprint density at radius 1 is 1.23 bits per heavy atom. The summed E-state index contributed by atoms with van der Waals surface area (Å²) in [6, 6.07) is 5.54. The molecule has 31 heavy (non-hydrogen) atoms. The van der Waals surface area contributed by atoms with Crippen LogP contribution in [0.1, 0.15) is 64.0 Å². The van der Waals surface area contributed by atoms with Gasteiger partial charge in [0.15, 0.2) is 17.3 Å². The molecular formula is C23H30N4O3S. The number of carbonyl (C=O) groups is 1. The molecule has 1 aromatic carbocycles. The highest BCUT2D eigenvalue weighted by Gasteiger charge is 2.37. The number of hydrogen-bond donors (Lipinski definition) is 1. The van der Waals surface area contributed by atoms with Gasteiger partial charge < -0.3 is 14.8 Å².